The molecule has 0 heterocycles. The highest BCUT2D eigenvalue weighted by molar-refractivity contribution is 6.31. The second-order valence-corrected chi connectivity index (χ2v) is 1.57. The molecule has 2 heteroatoms. The average molecular weight is 131 g/mol. The maximum Gasteiger partial charge on any atom is 0.137 e. The Kier molecular flexibility index (Phi) is 3.04. The second kappa shape index (κ2) is 3.33. The first kappa shape index (κ1) is 7.31. The average Bonchev–Trinajstić information content (AvgIpc) is 1.67. The molecule has 0 spiro atoms. The molecule has 0 N–H and O–H groups in total. The van der Waals surface area contributed by atoms with E-state index in [4.69, 9.17) is 11.6 Å². The van der Waals surface area contributed by atoms with Gasteiger partial charge in [-0.2, -0.15) is 0 Å². The van der Waals surface area contributed by atoms with Crippen molar-refractivity contribution in [3.63, 3.8) is 0 Å². The molecule has 0 aliphatic heterocycles. The Morgan fingerprint density at radius 2 is 2.00 bits per heavy atom. The van der Waals surface area contributed by atoms with Crippen molar-refractivity contribution in [2.24, 2.45) is 0 Å². The van der Waals surface area contributed by atoms with E-state index in [1.54, 1.807) is 0 Å². The largest absolute Gasteiger partial charge is 0.465 e. The van der Waals surface area contributed by atoms with Gasteiger partial charge >= 0.3 is 0 Å². The zero-order chi connectivity index (χ0) is 6.57. The summed E-state index contributed by atoms with van der Waals surface area (Å²) in [5.41, 5.74) is 0. The van der Waals surface area contributed by atoms with Crippen LogP contribution in [0.3, 0.4) is 0 Å². The van der Waals surface area contributed by atoms with Gasteiger partial charge < -0.3 is 4.74 Å². The Labute approximate surface area is 53.9 Å². The van der Waals surface area contributed by atoms with Crippen molar-refractivity contribution in [1.29, 1.82) is 0 Å². The molecule has 44 valence electrons. The third-order valence-electron chi connectivity index (χ3n) is 0.528. The van der Waals surface area contributed by atoms with Crippen molar-refractivity contribution >= 4 is 11.6 Å². The molecule has 0 aliphatic carbocycles. The lowest BCUT2D eigenvalue weighted by Crippen LogP contribution is -1.78. The topological polar surface area (TPSA) is 9.23 Å². The number of hydrogen-bond acceptors (Lipinski definition) is 1. The van der Waals surface area contributed by atoms with Crippen LogP contribution in [-0.4, -0.2) is 0 Å². The van der Waals surface area contributed by atoms with Crippen LogP contribution in [0.5, 0.6) is 0 Å². The van der Waals surface area contributed by atoms with Gasteiger partial charge in [0.1, 0.15) is 5.76 Å². The van der Waals surface area contributed by atoms with E-state index in [1.165, 1.54) is 6.26 Å². The summed E-state index contributed by atoms with van der Waals surface area (Å²) in [5, 5.41) is 0.296. The summed E-state index contributed by atoms with van der Waals surface area (Å²) in [6.45, 7) is 10.1. The first-order valence-corrected chi connectivity index (χ1v) is 2.37. The molecule has 0 unspecified atom stereocenters. The number of ether oxygens (including phenoxy) is 1. The maximum absolute atomic E-state index is 5.34. The van der Waals surface area contributed by atoms with E-state index in [0.717, 1.165) is 0 Å². The van der Waals surface area contributed by atoms with Crippen molar-refractivity contribution in [2.45, 2.75) is 0 Å². The normalized spacial score (nSPS) is 7.62. The highest BCUT2D eigenvalue weighted by Gasteiger charge is 1.91. The lowest BCUT2D eigenvalue weighted by molar-refractivity contribution is 0.370. The quantitative estimate of drug-likeness (QED) is 0.421. The smallest absolute Gasteiger partial charge is 0.137 e. The summed E-state index contributed by atoms with van der Waals surface area (Å²) in [6.07, 6.45) is 1.25. The van der Waals surface area contributed by atoms with Gasteiger partial charge in [0.25, 0.3) is 0 Å². The summed E-state index contributed by atoms with van der Waals surface area (Å²) in [6, 6.07) is 0. The van der Waals surface area contributed by atoms with Crippen LogP contribution in [0.1, 0.15) is 0 Å². The fourth-order valence-electron chi connectivity index (χ4n) is 0.165. The summed E-state index contributed by atoms with van der Waals surface area (Å²) >= 11 is 5.34. The van der Waals surface area contributed by atoms with Crippen molar-refractivity contribution in [3.8, 4) is 0 Å². The Balaban J connectivity index is 3.65. The third kappa shape index (κ3) is 2.48. The van der Waals surface area contributed by atoms with E-state index in [2.05, 4.69) is 24.5 Å². The van der Waals surface area contributed by atoms with Crippen LogP contribution in [0.2, 0.25) is 0 Å². The number of rotatable bonds is 3. The Hall–Kier alpha value is -0.690. The van der Waals surface area contributed by atoms with E-state index >= 15 is 0 Å². The van der Waals surface area contributed by atoms with Gasteiger partial charge in [-0.15, -0.1) is 0 Å². The molecule has 0 aliphatic rings. The molecule has 0 bridgehead atoms. The molecular weight excluding hydrogens is 124 g/mol. The van der Waals surface area contributed by atoms with Gasteiger partial charge in [0.15, 0.2) is 0 Å². The van der Waals surface area contributed by atoms with Crippen LogP contribution in [0, 0.1) is 0 Å². The molecule has 0 rings (SSSR count). The predicted octanol–water partition coefficient (Wildman–Crippen LogP) is 2.41. The van der Waals surface area contributed by atoms with Crippen molar-refractivity contribution in [3.05, 3.63) is 36.8 Å². The standard InChI is InChI=1S/C6H7ClO/c1-4-8-6(3)5(2)7/h4H,1-3H2. The molecule has 0 saturated heterocycles. The minimum Gasteiger partial charge on any atom is -0.465 e. The highest BCUT2D eigenvalue weighted by Crippen LogP contribution is 2.09. The van der Waals surface area contributed by atoms with E-state index < -0.39 is 0 Å². The van der Waals surface area contributed by atoms with Crippen LogP contribution in [-0.2, 0) is 4.74 Å². The lowest BCUT2D eigenvalue weighted by atomic mass is 10.5. The van der Waals surface area contributed by atoms with Crippen molar-refractivity contribution < 1.29 is 4.74 Å². The van der Waals surface area contributed by atoms with Gasteiger partial charge in [-0.3, -0.25) is 0 Å². The van der Waals surface area contributed by atoms with Gasteiger partial charge in [-0.25, -0.2) is 0 Å². The molecule has 0 fully saturated rings. The fourth-order valence-corrected chi connectivity index (χ4v) is 0.209. The molecule has 0 amide bonds. The number of halogens is 1. The van der Waals surface area contributed by atoms with E-state index in [9.17, 15) is 0 Å². The predicted molar refractivity (Wildman–Crippen MR) is 35.4 cm³/mol. The zero-order valence-electron chi connectivity index (χ0n) is 4.48. The Morgan fingerprint density at radius 3 is 2.12 bits per heavy atom. The molecule has 0 radical (unpaired) electrons. The minimum absolute atomic E-state index is 0.296. The van der Waals surface area contributed by atoms with E-state index in [0.29, 0.717) is 10.8 Å². The molecule has 8 heavy (non-hydrogen) atoms. The highest BCUT2D eigenvalue weighted by atomic mass is 35.5. The SMILES string of the molecule is C=COC(=C)C(=C)Cl. The van der Waals surface area contributed by atoms with Crippen molar-refractivity contribution in [1.82, 2.24) is 0 Å². The van der Waals surface area contributed by atoms with Gasteiger partial charge in [0.05, 0.1) is 11.3 Å². The molecular formula is C6H7ClO. The van der Waals surface area contributed by atoms with Crippen LogP contribution in [0.15, 0.2) is 36.8 Å². The van der Waals surface area contributed by atoms with Crippen LogP contribution in [0.25, 0.3) is 0 Å². The molecule has 0 aromatic carbocycles. The van der Waals surface area contributed by atoms with E-state index in [-0.39, 0.29) is 0 Å². The summed E-state index contributed by atoms with van der Waals surface area (Å²) in [5.74, 6) is 0.335. The van der Waals surface area contributed by atoms with Crippen molar-refractivity contribution in [2.75, 3.05) is 0 Å². The second-order valence-electron chi connectivity index (χ2n) is 1.11. The van der Waals surface area contributed by atoms with Crippen LogP contribution in [0.4, 0.5) is 0 Å². The third-order valence-corrected chi connectivity index (χ3v) is 0.739. The molecule has 0 aromatic rings. The Morgan fingerprint density at radius 1 is 1.50 bits per heavy atom. The van der Waals surface area contributed by atoms with E-state index in [1.807, 2.05) is 0 Å². The molecule has 0 aromatic heterocycles. The monoisotopic (exact) mass is 130 g/mol. The zero-order valence-corrected chi connectivity index (χ0v) is 5.24. The first-order chi connectivity index (χ1) is 3.68. The van der Waals surface area contributed by atoms with Crippen LogP contribution >= 0.6 is 11.6 Å². The van der Waals surface area contributed by atoms with Gasteiger partial charge in [0, 0.05) is 0 Å². The minimum atomic E-state index is 0.296. The summed E-state index contributed by atoms with van der Waals surface area (Å²) in [4.78, 5) is 0. The molecule has 0 saturated carbocycles. The number of allylic oxidation sites excluding steroid dienone is 1. The maximum atomic E-state index is 5.34. The Bertz CT molecular complexity index is 126. The van der Waals surface area contributed by atoms with Gasteiger partial charge in [-0.1, -0.05) is 31.3 Å². The van der Waals surface area contributed by atoms with Gasteiger partial charge in [0.2, 0.25) is 0 Å². The molecule has 1 nitrogen and oxygen atoms in total. The molecule has 0 atom stereocenters. The first-order valence-electron chi connectivity index (χ1n) is 1.99. The van der Waals surface area contributed by atoms with Gasteiger partial charge in [-0.05, 0) is 0 Å². The summed E-state index contributed by atoms with van der Waals surface area (Å²) in [7, 11) is 0. The summed E-state index contributed by atoms with van der Waals surface area (Å²) < 4.78 is 4.64. The van der Waals surface area contributed by atoms with Crippen LogP contribution < -0.4 is 0 Å². The number of hydrogen-bond donors (Lipinski definition) is 0. The fraction of sp³-hybridized carbons (Fsp3) is 0. The lowest BCUT2D eigenvalue weighted by Gasteiger charge is -1.97.